The second-order valence-corrected chi connectivity index (χ2v) is 9.07. The first kappa shape index (κ1) is 23.6. The van der Waals surface area contributed by atoms with Crippen LogP contribution in [0.4, 0.5) is 5.82 Å². The number of nitrogens with one attached hydrogen (secondary N) is 1. The summed E-state index contributed by atoms with van der Waals surface area (Å²) in [5, 5.41) is 18.9. The molecular weight excluding hydrogens is 491 g/mol. The summed E-state index contributed by atoms with van der Waals surface area (Å²) in [5.74, 6) is 1.66. The smallest absolute Gasteiger partial charge is 0.177 e. The number of halogens is 2. The van der Waals surface area contributed by atoms with Crippen molar-refractivity contribution < 1.29 is 14.6 Å². The molecule has 4 N–H and O–H groups in total. The molecule has 0 amide bonds. The largest absolute Gasteiger partial charge is 0.493 e. The maximum absolute atomic E-state index is 9.93. The summed E-state index contributed by atoms with van der Waals surface area (Å²) in [4.78, 5) is 10.9. The molecule has 0 aliphatic carbocycles. The number of aromatic nitrogens is 4. The Labute approximate surface area is 211 Å². The minimum atomic E-state index is -0.961. The number of ether oxygens (including phenoxy) is 2. The summed E-state index contributed by atoms with van der Waals surface area (Å²) in [5.41, 5.74) is 10.3. The molecule has 1 aliphatic rings. The van der Waals surface area contributed by atoms with Gasteiger partial charge in [0.05, 0.1) is 35.0 Å². The third-order valence-corrected chi connectivity index (χ3v) is 6.89. The van der Waals surface area contributed by atoms with Crippen LogP contribution in [0.3, 0.4) is 0 Å². The van der Waals surface area contributed by atoms with Crippen LogP contribution < -0.4 is 20.1 Å². The lowest BCUT2D eigenvalue weighted by Gasteiger charge is -2.33. The van der Waals surface area contributed by atoms with Gasteiger partial charge in [0.1, 0.15) is 11.5 Å². The Balaban J connectivity index is 1.54. The van der Waals surface area contributed by atoms with Crippen molar-refractivity contribution in [3.63, 3.8) is 0 Å². The van der Waals surface area contributed by atoms with E-state index in [-0.39, 0.29) is 6.61 Å². The Kier molecular flexibility index (Phi) is 6.41. The van der Waals surface area contributed by atoms with Gasteiger partial charge in [-0.1, -0.05) is 23.2 Å². The number of methoxy groups -OCH3 is 1. The van der Waals surface area contributed by atoms with E-state index < -0.39 is 6.23 Å². The van der Waals surface area contributed by atoms with E-state index in [1.165, 1.54) is 6.20 Å². The predicted molar refractivity (Wildman–Crippen MR) is 135 cm³/mol. The number of hydrogen-bond acceptors (Lipinski definition) is 8. The van der Waals surface area contributed by atoms with Gasteiger partial charge in [0.15, 0.2) is 17.7 Å². The molecule has 1 atom stereocenters. The van der Waals surface area contributed by atoms with Gasteiger partial charge in [-0.05, 0) is 25.5 Å². The third kappa shape index (κ3) is 4.25. The Morgan fingerprint density at radius 1 is 1.17 bits per heavy atom. The van der Waals surface area contributed by atoms with Crippen molar-refractivity contribution >= 4 is 39.9 Å². The first-order chi connectivity index (χ1) is 16.9. The quantitative estimate of drug-likeness (QED) is 0.310. The van der Waals surface area contributed by atoms with Gasteiger partial charge < -0.3 is 19.5 Å². The molecule has 5 rings (SSSR count). The zero-order chi connectivity index (χ0) is 24.7. The SMILES string of the molecule is COc1cc2[nH]nc(-c3cnc(N4CCC4)c(CO)c3)c2cc1O[C@H](N)c1c(Cl)cnc(C)c1Cl. The number of anilines is 1. The number of aliphatic hydroxyl groups excluding tert-OH is 1. The molecule has 0 saturated carbocycles. The standard InChI is InChI=1S/C24H24Cl2N6O3/c1-12-21(26)20(16(25)10-28-12)23(27)35-19-7-15-17(8-18(19)34-2)30-31-22(15)13-6-14(11-33)24(29-9-13)32-4-3-5-32/h6-10,23,33H,3-5,11,27H2,1-2H3,(H,30,31)/t23-/m0/s1. The summed E-state index contributed by atoms with van der Waals surface area (Å²) in [6.07, 6.45) is 3.42. The number of aryl methyl sites for hydroxylation is 1. The second kappa shape index (κ2) is 9.50. The monoisotopic (exact) mass is 514 g/mol. The lowest BCUT2D eigenvalue weighted by Crippen LogP contribution is -2.38. The molecule has 0 radical (unpaired) electrons. The number of aromatic amines is 1. The summed E-state index contributed by atoms with van der Waals surface area (Å²) < 4.78 is 11.6. The van der Waals surface area contributed by atoms with E-state index in [2.05, 4.69) is 25.1 Å². The van der Waals surface area contributed by atoms with E-state index in [4.69, 9.17) is 38.4 Å². The highest BCUT2D eigenvalue weighted by molar-refractivity contribution is 6.36. The average Bonchev–Trinajstić information content (AvgIpc) is 3.23. The van der Waals surface area contributed by atoms with Gasteiger partial charge in [0, 0.05) is 53.6 Å². The molecule has 182 valence electrons. The third-order valence-electron chi connectivity index (χ3n) is 6.11. The lowest BCUT2D eigenvalue weighted by molar-refractivity contribution is 0.204. The zero-order valence-corrected chi connectivity index (χ0v) is 20.7. The molecule has 3 aromatic heterocycles. The maximum Gasteiger partial charge on any atom is 0.177 e. The maximum atomic E-state index is 9.93. The molecule has 1 aliphatic heterocycles. The highest BCUT2D eigenvalue weighted by atomic mass is 35.5. The molecule has 4 heterocycles. The fourth-order valence-corrected chi connectivity index (χ4v) is 4.65. The normalized spacial score (nSPS) is 14.2. The number of hydrogen-bond donors (Lipinski definition) is 3. The van der Waals surface area contributed by atoms with Gasteiger partial charge in [-0.3, -0.25) is 15.8 Å². The molecule has 4 aromatic rings. The van der Waals surface area contributed by atoms with E-state index >= 15 is 0 Å². The van der Waals surface area contributed by atoms with E-state index in [0.29, 0.717) is 38.5 Å². The van der Waals surface area contributed by atoms with Crippen molar-refractivity contribution in [2.45, 2.75) is 26.2 Å². The van der Waals surface area contributed by atoms with Crippen LogP contribution in [0, 0.1) is 6.92 Å². The summed E-state index contributed by atoms with van der Waals surface area (Å²) in [6, 6.07) is 5.49. The summed E-state index contributed by atoms with van der Waals surface area (Å²) in [7, 11) is 1.54. The highest BCUT2D eigenvalue weighted by Crippen LogP contribution is 2.39. The number of rotatable bonds is 7. The first-order valence-corrected chi connectivity index (χ1v) is 11.8. The Morgan fingerprint density at radius 3 is 2.66 bits per heavy atom. The van der Waals surface area contributed by atoms with Crippen molar-refractivity contribution in [3.05, 3.63) is 57.5 Å². The van der Waals surface area contributed by atoms with Crippen molar-refractivity contribution in [3.8, 4) is 22.8 Å². The molecule has 0 spiro atoms. The van der Waals surface area contributed by atoms with Crippen LogP contribution in [0.15, 0.2) is 30.6 Å². The number of nitrogens with zero attached hydrogens (tertiary/aromatic N) is 4. The van der Waals surface area contributed by atoms with Crippen LogP contribution in [-0.4, -0.2) is 45.5 Å². The molecule has 1 aromatic carbocycles. The highest BCUT2D eigenvalue weighted by Gasteiger charge is 2.23. The number of benzene rings is 1. The number of aliphatic hydroxyl groups is 1. The van der Waals surface area contributed by atoms with Crippen LogP contribution in [0.2, 0.25) is 10.0 Å². The van der Waals surface area contributed by atoms with Gasteiger partial charge in [0.25, 0.3) is 0 Å². The first-order valence-electron chi connectivity index (χ1n) is 11.0. The number of fused-ring (bicyclic) bond motifs is 1. The predicted octanol–water partition coefficient (Wildman–Crippen LogP) is 4.38. The molecule has 0 bridgehead atoms. The Morgan fingerprint density at radius 2 is 1.97 bits per heavy atom. The van der Waals surface area contributed by atoms with Crippen molar-refractivity contribution in [1.82, 2.24) is 20.2 Å². The fourth-order valence-electron chi connectivity index (χ4n) is 4.09. The van der Waals surface area contributed by atoms with Crippen LogP contribution in [0.5, 0.6) is 11.5 Å². The van der Waals surface area contributed by atoms with E-state index in [0.717, 1.165) is 47.4 Å². The molecule has 11 heteroatoms. The van der Waals surface area contributed by atoms with Gasteiger partial charge in [-0.15, -0.1) is 0 Å². The Hall–Kier alpha value is -3.11. The van der Waals surface area contributed by atoms with Crippen molar-refractivity contribution in [2.24, 2.45) is 5.73 Å². The number of H-pyrrole nitrogens is 1. The number of nitrogens with two attached hydrogens (primary N) is 1. The van der Waals surface area contributed by atoms with E-state index in [1.54, 1.807) is 32.4 Å². The van der Waals surface area contributed by atoms with Crippen LogP contribution >= 0.6 is 23.2 Å². The Bertz CT molecular complexity index is 1410. The molecular formula is C24H24Cl2N6O3. The number of pyridine rings is 2. The van der Waals surface area contributed by atoms with Crippen LogP contribution in [-0.2, 0) is 6.61 Å². The van der Waals surface area contributed by atoms with Crippen LogP contribution in [0.25, 0.3) is 22.2 Å². The summed E-state index contributed by atoms with van der Waals surface area (Å²) in [6.45, 7) is 3.53. The van der Waals surface area contributed by atoms with Gasteiger partial charge in [0.2, 0.25) is 0 Å². The van der Waals surface area contributed by atoms with Crippen LogP contribution in [0.1, 0.15) is 29.5 Å². The molecule has 9 nitrogen and oxygen atoms in total. The van der Waals surface area contributed by atoms with Crippen molar-refractivity contribution in [2.75, 3.05) is 25.1 Å². The van der Waals surface area contributed by atoms with Gasteiger partial charge in [-0.25, -0.2) is 4.98 Å². The molecule has 1 saturated heterocycles. The molecule has 0 unspecified atom stereocenters. The van der Waals surface area contributed by atoms with Crippen molar-refractivity contribution in [1.29, 1.82) is 0 Å². The fraction of sp³-hybridized carbons (Fsp3) is 0.292. The average molecular weight is 515 g/mol. The molecule has 1 fully saturated rings. The molecule has 35 heavy (non-hydrogen) atoms. The van der Waals surface area contributed by atoms with Gasteiger partial charge in [-0.2, -0.15) is 5.10 Å². The minimum absolute atomic E-state index is 0.112. The topological polar surface area (TPSA) is 122 Å². The lowest BCUT2D eigenvalue weighted by atomic mass is 10.1. The van der Waals surface area contributed by atoms with E-state index in [9.17, 15) is 5.11 Å². The van der Waals surface area contributed by atoms with E-state index in [1.807, 2.05) is 6.07 Å². The zero-order valence-electron chi connectivity index (χ0n) is 19.2. The second-order valence-electron chi connectivity index (χ2n) is 8.28. The summed E-state index contributed by atoms with van der Waals surface area (Å²) >= 11 is 12.7. The minimum Gasteiger partial charge on any atom is -0.493 e. The van der Waals surface area contributed by atoms with Gasteiger partial charge >= 0.3 is 0 Å².